The molecule has 0 heterocycles. The number of hydrogen-bond acceptors (Lipinski definition) is 5. The minimum absolute atomic E-state index is 0.159. The van der Waals surface area contributed by atoms with Gasteiger partial charge >= 0.3 is 0 Å². The number of nitrogens with zero attached hydrogens (tertiary/aromatic N) is 2. The molecule has 1 atom stereocenters. The Balaban J connectivity index is 2.40. The van der Waals surface area contributed by atoms with Gasteiger partial charge in [-0.15, -0.1) is 0 Å². The van der Waals surface area contributed by atoms with Crippen molar-refractivity contribution in [2.75, 3.05) is 30.8 Å². The van der Waals surface area contributed by atoms with Gasteiger partial charge in [0.1, 0.15) is 18.3 Å². The lowest BCUT2D eigenvalue weighted by atomic mass is 10.1. The van der Waals surface area contributed by atoms with Crippen molar-refractivity contribution in [3.8, 4) is 5.75 Å². The Kier molecular flexibility index (Phi) is 9.92. The lowest BCUT2D eigenvalue weighted by molar-refractivity contribution is -0.140. The van der Waals surface area contributed by atoms with Crippen molar-refractivity contribution in [1.29, 1.82) is 0 Å². The molecule has 1 N–H and O–H groups in total. The van der Waals surface area contributed by atoms with Gasteiger partial charge in [0, 0.05) is 13.1 Å². The number of sulfonamides is 1. The van der Waals surface area contributed by atoms with Gasteiger partial charge in [0.05, 0.1) is 19.1 Å². The molecule has 0 spiro atoms. The summed E-state index contributed by atoms with van der Waals surface area (Å²) in [6, 6.07) is 13.4. The van der Waals surface area contributed by atoms with E-state index >= 15 is 0 Å². The number of benzene rings is 2. The molecule has 2 rings (SSSR count). The van der Waals surface area contributed by atoms with Crippen LogP contribution in [-0.2, 0) is 26.2 Å². The molecular weight excluding hydrogens is 454 g/mol. The molecule has 0 aliphatic heterocycles. The molecule has 0 fully saturated rings. The summed E-state index contributed by atoms with van der Waals surface area (Å²) in [7, 11) is -2.17. The smallest absolute Gasteiger partial charge is 0.244 e. The van der Waals surface area contributed by atoms with Crippen LogP contribution < -0.4 is 14.4 Å². The number of carbonyl (C=O) groups excluding carboxylic acids is 2. The highest BCUT2D eigenvalue weighted by Crippen LogP contribution is 2.21. The maximum atomic E-state index is 13.6. The number of hydrogen-bond donors (Lipinski definition) is 1. The fraction of sp³-hybridized carbons (Fsp3) is 0.440. The third-order valence-corrected chi connectivity index (χ3v) is 6.59. The third kappa shape index (κ3) is 7.48. The largest absolute Gasteiger partial charge is 0.497 e. The number of rotatable bonds is 12. The molecule has 8 nitrogen and oxygen atoms in total. The van der Waals surface area contributed by atoms with E-state index in [1.54, 1.807) is 43.5 Å². The summed E-state index contributed by atoms with van der Waals surface area (Å²) in [5, 5.41) is 2.86. The van der Waals surface area contributed by atoms with E-state index in [4.69, 9.17) is 4.74 Å². The number of carbonyl (C=O) groups is 2. The maximum absolute atomic E-state index is 13.6. The Morgan fingerprint density at radius 3 is 2.15 bits per heavy atom. The van der Waals surface area contributed by atoms with Crippen LogP contribution in [0.3, 0.4) is 0 Å². The molecule has 2 amide bonds. The van der Waals surface area contributed by atoms with Crippen molar-refractivity contribution in [2.45, 2.75) is 46.2 Å². The lowest BCUT2D eigenvalue weighted by Gasteiger charge is -2.33. The number of methoxy groups -OCH3 is 1. The van der Waals surface area contributed by atoms with Crippen LogP contribution in [-0.4, -0.2) is 57.6 Å². The highest BCUT2D eigenvalue weighted by molar-refractivity contribution is 7.92. The Hall–Kier alpha value is -3.07. The maximum Gasteiger partial charge on any atom is 0.244 e. The van der Waals surface area contributed by atoms with E-state index in [0.29, 0.717) is 24.4 Å². The SMILES string of the molecule is CCCNC(=O)[C@@H](CC)N(Cc1ccc(OC)cc1)C(=O)CN(c1ccc(C)cc1)S(C)(=O)=O. The molecule has 34 heavy (non-hydrogen) atoms. The van der Waals surface area contributed by atoms with Crippen LogP contribution in [0.2, 0.25) is 0 Å². The molecule has 0 aromatic heterocycles. The second kappa shape index (κ2) is 12.4. The summed E-state index contributed by atoms with van der Waals surface area (Å²) in [4.78, 5) is 27.9. The second-order valence-electron chi connectivity index (χ2n) is 8.19. The third-order valence-electron chi connectivity index (χ3n) is 5.45. The summed E-state index contributed by atoms with van der Waals surface area (Å²) in [6.45, 7) is 5.93. The van der Waals surface area contributed by atoms with Gasteiger partial charge < -0.3 is 15.0 Å². The van der Waals surface area contributed by atoms with Crippen LogP contribution in [0.5, 0.6) is 5.75 Å². The molecule has 2 aromatic rings. The Morgan fingerprint density at radius 1 is 1.03 bits per heavy atom. The summed E-state index contributed by atoms with van der Waals surface area (Å²) in [5.74, 6) is -0.0373. The highest BCUT2D eigenvalue weighted by atomic mass is 32.2. The minimum atomic E-state index is -3.74. The van der Waals surface area contributed by atoms with Crippen LogP contribution in [0.4, 0.5) is 5.69 Å². The van der Waals surface area contributed by atoms with Gasteiger partial charge in [-0.25, -0.2) is 8.42 Å². The van der Waals surface area contributed by atoms with Crippen molar-refractivity contribution in [2.24, 2.45) is 0 Å². The Labute approximate surface area is 202 Å². The topological polar surface area (TPSA) is 96.0 Å². The number of aryl methyl sites for hydroxylation is 1. The van der Waals surface area contributed by atoms with Gasteiger partial charge in [0.15, 0.2) is 0 Å². The predicted molar refractivity (Wildman–Crippen MR) is 134 cm³/mol. The summed E-state index contributed by atoms with van der Waals surface area (Å²) in [6.07, 6.45) is 2.23. The van der Waals surface area contributed by atoms with E-state index in [-0.39, 0.29) is 12.5 Å². The molecule has 0 aliphatic carbocycles. The number of anilines is 1. The normalized spacial score (nSPS) is 12.0. The van der Waals surface area contributed by atoms with Gasteiger partial charge in [0.25, 0.3) is 0 Å². The molecular formula is C25H35N3O5S. The molecule has 186 valence electrons. The molecule has 0 saturated heterocycles. The molecule has 9 heteroatoms. The van der Waals surface area contributed by atoms with Crippen molar-refractivity contribution in [3.05, 3.63) is 59.7 Å². The first-order valence-electron chi connectivity index (χ1n) is 11.3. The van der Waals surface area contributed by atoms with Gasteiger partial charge in [-0.3, -0.25) is 13.9 Å². The fourth-order valence-corrected chi connectivity index (χ4v) is 4.39. The van der Waals surface area contributed by atoms with Crippen molar-refractivity contribution in [3.63, 3.8) is 0 Å². The zero-order valence-corrected chi connectivity index (χ0v) is 21.4. The van der Waals surface area contributed by atoms with Crippen LogP contribution in [0.15, 0.2) is 48.5 Å². The van der Waals surface area contributed by atoms with E-state index < -0.39 is 28.5 Å². The van der Waals surface area contributed by atoms with Crippen molar-refractivity contribution < 1.29 is 22.7 Å². The molecule has 0 radical (unpaired) electrons. The monoisotopic (exact) mass is 489 g/mol. The molecule has 0 unspecified atom stereocenters. The average Bonchev–Trinajstić information content (AvgIpc) is 2.81. The van der Waals surface area contributed by atoms with Gasteiger partial charge in [-0.2, -0.15) is 0 Å². The van der Waals surface area contributed by atoms with Crippen LogP contribution in [0.25, 0.3) is 0 Å². The van der Waals surface area contributed by atoms with Gasteiger partial charge in [-0.1, -0.05) is 43.7 Å². The number of amides is 2. The van der Waals surface area contributed by atoms with E-state index in [9.17, 15) is 18.0 Å². The van der Waals surface area contributed by atoms with Crippen LogP contribution in [0.1, 0.15) is 37.8 Å². The molecule has 0 aliphatic rings. The summed E-state index contributed by atoms with van der Waals surface area (Å²) >= 11 is 0. The summed E-state index contributed by atoms with van der Waals surface area (Å²) < 4.78 is 31.4. The van der Waals surface area contributed by atoms with Gasteiger partial charge in [-0.05, 0) is 49.6 Å². The highest BCUT2D eigenvalue weighted by Gasteiger charge is 2.31. The van der Waals surface area contributed by atoms with Gasteiger partial charge in [0.2, 0.25) is 21.8 Å². The zero-order valence-electron chi connectivity index (χ0n) is 20.6. The van der Waals surface area contributed by atoms with Crippen molar-refractivity contribution in [1.82, 2.24) is 10.2 Å². The Morgan fingerprint density at radius 2 is 1.65 bits per heavy atom. The van der Waals surface area contributed by atoms with E-state index in [2.05, 4.69) is 5.32 Å². The predicted octanol–water partition coefficient (Wildman–Crippen LogP) is 3.10. The van der Waals surface area contributed by atoms with E-state index in [1.165, 1.54) is 4.90 Å². The lowest BCUT2D eigenvalue weighted by Crippen LogP contribution is -2.52. The van der Waals surface area contributed by atoms with Crippen LogP contribution in [0, 0.1) is 6.92 Å². The van der Waals surface area contributed by atoms with E-state index in [1.807, 2.05) is 32.9 Å². The first-order valence-corrected chi connectivity index (χ1v) is 13.2. The first kappa shape index (κ1) is 27.2. The van der Waals surface area contributed by atoms with Crippen LogP contribution >= 0.6 is 0 Å². The molecule has 2 aromatic carbocycles. The number of nitrogens with one attached hydrogen (secondary N) is 1. The molecule has 0 saturated carbocycles. The van der Waals surface area contributed by atoms with E-state index in [0.717, 1.165) is 28.1 Å². The quantitative estimate of drug-likeness (QED) is 0.494. The summed E-state index contributed by atoms with van der Waals surface area (Å²) in [5.41, 5.74) is 2.18. The fourth-order valence-electron chi connectivity index (χ4n) is 3.54. The average molecular weight is 490 g/mol. The number of ether oxygens (including phenoxy) is 1. The van der Waals surface area contributed by atoms with Crippen molar-refractivity contribution >= 4 is 27.5 Å². The zero-order chi connectivity index (χ0) is 25.3. The first-order chi connectivity index (χ1) is 16.1. The second-order valence-corrected chi connectivity index (χ2v) is 10.1. The molecule has 0 bridgehead atoms. The minimum Gasteiger partial charge on any atom is -0.497 e. The standard InChI is InChI=1S/C25H35N3O5S/c1-6-16-26-25(30)23(7-2)27(17-20-10-14-22(33-4)15-11-20)24(29)18-28(34(5,31)32)21-12-8-19(3)9-13-21/h8-15,23H,6-7,16-18H2,1-5H3,(H,26,30)/t23-/m1/s1. The Bertz CT molecular complexity index is 1050.